The van der Waals surface area contributed by atoms with Crippen LogP contribution in [0.15, 0.2) is 65.7 Å². The van der Waals surface area contributed by atoms with E-state index in [9.17, 15) is 14.7 Å². The molecule has 3 aromatic rings. The van der Waals surface area contributed by atoms with Crippen molar-refractivity contribution in [2.75, 3.05) is 11.5 Å². The molecule has 0 aliphatic heterocycles. The predicted octanol–water partition coefficient (Wildman–Crippen LogP) is 3.69. The Morgan fingerprint density at radius 1 is 1.26 bits per heavy atom. The summed E-state index contributed by atoms with van der Waals surface area (Å²) in [7, 11) is 0. The summed E-state index contributed by atoms with van der Waals surface area (Å²) in [4.78, 5) is 31.6. The van der Waals surface area contributed by atoms with Crippen LogP contribution in [-0.4, -0.2) is 33.2 Å². The lowest BCUT2D eigenvalue weighted by atomic mass is 9.86. The third kappa shape index (κ3) is 4.98. The number of primary amides is 1. The minimum Gasteiger partial charge on any atom is -0.396 e. The van der Waals surface area contributed by atoms with E-state index in [1.807, 2.05) is 43.0 Å². The zero-order valence-corrected chi connectivity index (χ0v) is 20.0. The summed E-state index contributed by atoms with van der Waals surface area (Å²) >= 11 is 0. The molecule has 0 saturated heterocycles. The maximum Gasteiger partial charge on any atom is 0.296 e. The third-order valence-electron chi connectivity index (χ3n) is 6.56. The molecule has 1 aliphatic carbocycles. The lowest BCUT2D eigenvalue weighted by molar-refractivity contribution is 0.1000. The number of aliphatic hydroxyl groups is 1. The summed E-state index contributed by atoms with van der Waals surface area (Å²) in [5.41, 5.74) is 6.67. The first-order valence-corrected chi connectivity index (χ1v) is 11.8. The fourth-order valence-corrected chi connectivity index (χ4v) is 4.72. The van der Waals surface area contributed by atoms with Gasteiger partial charge >= 0.3 is 0 Å². The molecule has 8 heteroatoms. The van der Waals surface area contributed by atoms with Crippen molar-refractivity contribution in [2.24, 2.45) is 5.73 Å². The second-order valence-electron chi connectivity index (χ2n) is 9.43. The summed E-state index contributed by atoms with van der Waals surface area (Å²) in [6.07, 6.45) is 4.13. The molecule has 2 aromatic carbocycles. The van der Waals surface area contributed by atoms with Gasteiger partial charge < -0.3 is 15.7 Å². The summed E-state index contributed by atoms with van der Waals surface area (Å²) < 4.78 is 16.6. The molecule has 1 saturated carbocycles. The second-order valence-corrected chi connectivity index (χ2v) is 9.43. The zero-order valence-electron chi connectivity index (χ0n) is 20.0. The van der Waals surface area contributed by atoms with Gasteiger partial charge in [-0.05, 0) is 62.8 Å². The number of anilines is 1. The van der Waals surface area contributed by atoms with Crippen LogP contribution in [0, 0.1) is 0 Å². The number of alkyl halides is 1. The molecule has 1 aliphatic rings. The SMILES string of the molecule is CC(C)(c1ccccc1CCCO)N(c1nccn(C(F)c2cccc(C(N)=O)c2)c1=O)C1CC1. The Kier molecular flexibility index (Phi) is 7.03. The van der Waals surface area contributed by atoms with Crippen LogP contribution < -0.4 is 16.2 Å². The number of aryl methyl sites for hydroxylation is 1. The Morgan fingerprint density at radius 2 is 2.00 bits per heavy atom. The van der Waals surface area contributed by atoms with Gasteiger partial charge in [-0.3, -0.25) is 14.2 Å². The summed E-state index contributed by atoms with van der Waals surface area (Å²) in [6, 6.07) is 14.0. The van der Waals surface area contributed by atoms with Crippen molar-refractivity contribution in [3.63, 3.8) is 0 Å². The first-order chi connectivity index (χ1) is 16.8. The molecule has 0 bridgehead atoms. The van der Waals surface area contributed by atoms with E-state index in [0.29, 0.717) is 12.8 Å². The van der Waals surface area contributed by atoms with Crippen molar-refractivity contribution in [3.05, 3.63) is 93.5 Å². The molecule has 184 valence electrons. The Labute approximate surface area is 204 Å². The number of aliphatic hydroxyl groups excluding tert-OH is 1. The van der Waals surface area contributed by atoms with Gasteiger partial charge in [0.05, 0.1) is 5.54 Å². The van der Waals surface area contributed by atoms with Crippen molar-refractivity contribution in [1.82, 2.24) is 9.55 Å². The number of carbonyl (C=O) groups is 1. The normalized spacial score (nSPS) is 14.5. The van der Waals surface area contributed by atoms with E-state index >= 15 is 4.39 Å². The highest BCUT2D eigenvalue weighted by Gasteiger charge is 2.42. The Hall–Kier alpha value is -3.52. The van der Waals surface area contributed by atoms with E-state index in [2.05, 4.69) is 4.98 Å². The highest BCUT2D eigenvalue weighted by atomic mass is 19.1. The molecule has 0 spiro atoms. The zero-order chi connectivity index (χ0) is 25.2. The van der Waals surface area contributed by atoms with Crippen molar-refractivity contribution < 1.29 is 14.3 Å². The molecule has 0 radical (unpaired) electrons. The molecule has 1 heterocycles. The lowest BCUT2D eigenvalue weighted by Crippen LogP contribution is -2.47. The number of amides is 1. The molecule has 35 heavy (non-hydrogen) atoms. The first kappa shape index (κ1) is 24.6. The number of hydrogen-bond acceptors (Lipinski definition) is 5. The number of carbonyl (C=O) groups excluding carboxylic acids is 1. The van der Waals surface area contributed by atoms with E-state index in [0.717, 1.165) is 28.5 Å². The van der Waals surface area contributed by atoms with Gasteiger partial charge in [0, 0.05) is 36.2 Å². The largest absolute Gasteiger partial charge is 0.396 e. The smallest absolute Gasteiger partial charge is 0.296 e. The van der Waals surface area contributed by atoms with Gasteiger partial charge in [0.1, 0.15) is 0 Å². The Balaban J connectivity index is 1.76. The Morgan fingerprint density at radius 3 is 2.69 bits per heavy atom. The summed E-state index contributed by atoms with van der Waals surface area (Å²) in [6.45, 7) is 4.19. The number of hydrogen-bond donors (Lipinski definition) is 2. The van der Waals surface area contributed by atoms with Gasteiger partial charge in [-0.25, -0.2) is 9.37 Å². The molecule has 1 amide bonds. The van der Waals surface area contributed by atoms with Gasteiger partial charge in [0.2, 0.25) is 12.2 Å². The number of aromatic nitrogens is 2. The Bertz CT molecular complexity index is 1270. The highest BCUT2D eigenvalue weighted by Crippen LogP contribution is 2.41. The summed E-state index contributed by atoms with van der Waals surface area (Å²) in [5.74, 6) is -0.478. The average molecular weight is 479 g/mol. The van der Waals surface area contributed by atoms with Crippen molar-refractivity contribution in [3.8, 4) is 0 Å². The molecule has 7 nitrogen and oxygen atoms in total. The fraction of sp³-hybridized carbons (Fsp3) is 0.370. The van der Waals surface area contributed by atoms with Gasteiger partial charge in [0.15, 0.2) is 5.82 Å². The monoisotopic (exact) mass is 478 g/mol. The van der Waals surface area contributed by atoms with Crippen LogP contribution in [0.4, 0.5) is 10.2 Å². The van der Waals surface area contributed by atoms with Crippen LogP contribution in [0.25, 0.3) is 0 Å². The minimum absolute atomic E-state index is 0.0981. The molecule has 4 rings (SSSR count). The molecule has 1 fully saturated rings. The molecule has 3 N–H and O–H groups in total. The number of benzene rings is 2. The fourth-order valence-electron chi connectivity index (χ4n) is 4.72. The number of halogens is 1. The van der Waals surface area contributed by atoms with E-state index in [-0.39, 0.29) is 29.6 Å². The van der Waals surface area contributed by atoms with Gasteiger partial charge in [-0.2, -0.15) is 0 Å². The van der Waals surface area contributed by atoms with E-state index in [1.165, 1.54) is 36.7 Å². The van der Waals surface area contributed by atoms with Crippen LogP contribution in [-0.2, 0) is 12.0 Å². The molecule has 1 unspecified atom stereocenters. The van der Waals surface area contributed by atoms with Crippen LogP contribution in [0.2, 0.25) is 0 Å². The average Bonchev–Trinajstić information content (AvgIpc) is 3.68. The van der Waals surface area contributed by atoms with E-state index in [1.54, 1.807) is 0 Å². The van der Waals surface area contributed by atoms with Crippen LogP contribution in [0.5, 0.6) is 0 Å². The van der Waals surface area contributed by atoms with Gasteiger partial charge in [-0.15, -0.1) is 0 Å². The van der Waals surface area contributed by atoms with Crippen LogP contribution in [0.1, 0.15) is 66.5 Å². The maximum absolute atomic E-state index is 15.6. The number of nitrogens with two attached hydrogens (primary N) is 1. The van der Waals surface area contributed by atoms with Crippen molar-refractivity contribution >= 4 is 11.7 Å². The maximum atomic E-state index is 15.6. The molecular weight excluding hydrogens is 447 g/mol. The highest BCUT2D eigenvalue weighted by molar-refractivity contribution is 5.92. The van der Waals surface area contributed by atoms with Crippen LogP contribution in [0.3, 0.4) is 0 Å². The number of rotatable bonds is 10. The lowest BCUT2D eigenvalue weighted by Gasteiger charge is -2.41. The summed E-state index contributed by atoms with van der Waals surface area (Å²) in [5, 5.41) is 9.34. The predicted molar refractivity (Wildman–Crippen MR) is 133 cm³/mol. The van der Waals surface area contributed by atoms with Gasteiger partial charge in [-0.1, -0.05) is 36.4 Å². The minimum atomic E-state index is -1.80. The quantitative estimate of drug-likeness (QED) is 0.463. The topological polar surface area (TPSA) is 101 Å². The van der Waals surface area contributed by atoms with Crippen molar-refractivity contribution in [2.45, 2.75) is 57.4 Å². The van der Waals surface area contributed by atoms with Gasteiger partial charge in [0.25, 0.3) is 5.56 Å². The first-order valence-electron chi connectivity index (χ1n) is 11.8. The standard InChI is InChI=1S/C27H31FN4O3/c1-27(2,22-11-4-3-7-18(22)10-6-16-33)32(21-12-13-21)25-26(35)31(15-14-30-25)23(28)19-8-5-9-20(17-19)24(29)34/h3-5,7-9,11,14-15,17,21,23,33H,6,10,12-13,16H2,1-2H3,(H2,29,34). The van der Waals surface area contributed by atoms with Crippen molar-refractivity contribution in [1.29, 1.82) is 0 Å². The second kappa shape index (κ2) is 10.00. The molecule has 1 aromatic heterocycles. The van der Waals surface area contributed by atoms with Crippen LogP contribution >= 0.6 is 0 Å². The third-order valence-corrected chi connectivity index (χ3v) is 6.56. The molecular formula is C27H31FN4O3. The van der Waals surface area contributed by atoms with E-state index < -0.39 is 23.3 Å². The number of nitrogens with zero attached hydrogens (tertiary/aromatic N) is 3. The van der Waals surface area contributed by atoms with E-state index in [4.69, 9.17) is 5.73 Å². The molecule has 1 atom stereocenters.